The second kappa shape index (κ2) is 6.16. The Morgan fingerprint density at radius 2 is 1.65 bits per heavy atom. The van der Waals surface area contributed by atoms with Gasteiger partial charge in [0, 0.05) is 5.41 Å². The van der Waals surface area contributed by atoms with Crippen LogP contribution < -0.4 is 0 Å². The van der Waals surface area contributed by atoms with E-state index in [1.807, 2.05) is 31.2 Å². The Balaban J connectivity index is 2.36. The van der Waals surface area contributed by atoms with Crippen molar-refractivity contribution < 1.29 is 14.6 Å². The summed E-state index contributed by atoms with van der Waals surface area (Å²) in [6.45, 7) is 1.60. The summed E-state index contributed by atoms with van der Waals surface area (Å²) >= 11 is 0. The maximum atomic E-state index is 13.3. The Labute approximate surface area is 118 Å². The third kappa shape index (κ3) is 3.06. The van der Waals surface area contributed by atoms with Gasteiger partial charge in [-0.25, -0.2) is 4.39 Å². The molecule has 0 aliphatic heterocycles. The molecule has 20 heavy (non-hydrogen) atoms. The van der Waals surface area contributed by atoms with E-state index in [0.717, 1.165) is 16.7 Å². The molecule has 0 aliphatic rings. The average Bonchev–Trinajstić information content (AvgIpc) is 2.46. The molecule has 0 aromatic heterocycles. The average molecular weight is 274 g/mol. The molecule has 0 spiro atoms. The third-order valence-corrected chi connectivity index (χ3v) is 3.70. The van der Waals surface area contributed by atoms with Crippen molar-refractivity contribution in [1.82, 2.24) is 0 Å². The van der Waals surface area contributed by atoms with Gasteiger partial charge in [0.15, 0.2) is 0 Å². The lowest BCUT2D eigenvalue weighted by atomic mass is 9.76. The summed E-state index contributed by atoms with van der Waals surface area (Å²) in [4.78, 5) is 0. The van der Waals surface area contributed by atoms with E-state index in [1.54, 1.807) is 12.1 Å². The monoisotopic (exact) mass is 274 g/mol. The van der Waals surface area contributed by atoms with Gasteiger partial charge >= 0.3 is 0 Å². The standard InChI is InChI=1S/C17H19FO2/c1-13-5-7-15(8-6-13)17(11-19,12-20)10-14-3-2-4-16(18)9-14/h2-9,19-20H,10-12H2,1H3. The van der Waals surface area contributed by atoms with Gasteiger partial charge in [-0.2, -0.15) is 0 Å². The molecule has 106 valence electrons. The predicted octanol–water partition coefficient (Wildman–Crippen LogP) is 2.60. The Morgan fingerprint density at radius 3 is 2.20 bits per heavy atom. The number of aliphatic hydroxyl groups excluding tert-OH is 2. The quantitative estimate of drug-likeness (QED) is 0.880. The molecule has 0 fully saturated rings. The normalized spacial score (nSPS) is 11.6. The molecule has 0 radical (unpaired) electrons. The molecule has 0 atom stereocenters. The number of halogens is 1. The van der Waals surface area contributed by atoms with Crippen molar-refractivity contribution in [1.29, 1.82) is 0 Å². The Kier molecular flexibility index (Phi) is 4.53. The Bertz CT molecular complexity index is 559. The number of benzene rings is 2. The first kappa shape index (κ1) is 14.7. The first-order valence-corrected chi connectivity index (χ1v) is 6.63. The fourth-order valence-corrected chi connectivity index (χ4v) is 2.39. The third-order valence-electron chi connectivity index (χ3n) is 3.70. The first-order chi connectivity index (χ1) is 9.59. The summed E-state index contributed by atoms with van der Waals surface area (Å²) in [6, 6.07) is 14.0. The van der Waals surface area contributed by atoms with Crippen molar-refractivity contribution >= 4 is 0 Å². The van der Waals surface area contributed by atoms with E-state index < -0.39 is 5.41 Å². The molecule has 2 N–H and O–H groups in total. The van der Waals surface area contributed by atoms with E-state index in [1.165, 1.54) is 12.1 Å². The number of rotatable bonds is 5. The van der Waals surface area contributed by atoms with Gasteiger partial charge in [-0.15, -0.1) is 0 Å². The zero-order chi connectivity index (χ0) is 14.6. The fraction of sp³-hybridized carbons (Fsp3) is 0.294. The highest BCUT2D eigenvalue weighted by Gasteiger charge is 2.31. The van der Waals surface area contributed by atoms with Crippen molar-refractivity contribution in [3.63, 3.8) is 0 Å². The van der Waals surface area contributed by atoms with Crippen LogP contribution in [0.5, 0.6) is 0 Å². The van der Waals surface area contributed by atoms with E-state index >= 15 is 0 Å². The number of hydrogen-bond acceptors (Lipinski definition) is 2. The molecule has 3 heteroatoms. The molecule has 0 heterocycles. The van der Waals surface area contributed by atoms with Crippen LogP contribution in [0, 0.1) is 12.7 Å². The summed E-state index contributed by atoms with van der Waals surface area (Å²) in [6.07, 6.45) is 0.390. The molecular weight excluding hydrogens is 255 g/mol. The van der Waals surface area contributed by atoms with Crippen LogP contribution in [0.4, 0.5) is 4.39 Å². The van der Waals surface area contributed by atoms with Gasteiger partial charge in [0.25, 0.3) is 0 Å². The smallest absolute Gasteiger partial charge is 0.123 e. The summed E-state index contributed by atoms with van der Waals surface area (Å²) < 4.78 is 13.3. The lowest BCUT2D eigenvalue weighted by Crippen LogP contribution is -2.37. The van der Waals surface area contributed by atoms with Gasteiger partial charge in [-0.3, -0.25) is 0 Å². The fourth-order valence-electron chi connectivity index (χ4n) is 2.39. The maximum Gasteiger partial charge on any atom is 0.123 e. The highest BCUT2D eigenvalue weighted by Crippen LogP contribution is 2.28. The van der Waals surface area contributed by atoms with Crippen LogP contribution in [-0.2, 0) is 11.8 Å². The molecule has 0 bridgehead atoms. The van der Waals surface area contributed by atoms with Crippen molar-refractivity contribution in [2.24, 2.45) is 0 Å². The van der Waals surface area contributed by atoms with Crippen molar-refractivity contribution in [3.8, 4) is 0 Å². The molecule has 0 saturated heterocycles. The second-order valence-electron chi connectivity index (χ2n) is 5.27. The van der Waals surface area contributed by atoms with Crippen LogP contribution in [0.3, 0.4) is 0 Å². The molecule has 0 unspecified atom stereocenters. The minimum atomic E-state index is -0.790. The van der Waals surface area contributed by atoms with Crippen LogP contribution in [0.25, 0.3) is 0 Å². The molecule has 2 aromatic carbocycles. The van der Waals surface area contributed by atoms with Crippen molar-refractivity contribution in [3.05, 3.63) is 71.0 Å². The van der Waals surface area contributed by atoms with Crippen LogP contribution in [0.2, 0.25) is 0 Å². The lowest BCUT2D eigenvalue weighted by molar-refractivity contribution is 0.116. The van der Waals surface area contributed by atoms with Crippen LogP contribution in [0.15, 0.2) is 48.5 Å². The van der Waals surface area contributed by atoms with Gasteiger partial charge < -0.3 is 10.2 Å². The summed E-state index contributed by atoms with van der Waals surface area (Å²) in [5.74, 6) is -0.309. The van der Waals surface area contributed by atoms with E-state index in [4.69, 9.17) is 0 Å². The molecule has 2 rings (SSSR count). The number of aryl methyl sites for hydroxylation is 1. The molecule has 0 saturated carbocycles. The van der Waals surface area contributed by atoms with Crippen LogP contribution in [-0.4, -0.2) is 23.4 Å². The van der Waals surface area contributed by atoms with Crippen molar-refractivity contribution in [2.75, 3.05) is 13.2 Å². The minimum Gasteiger partial charge on any atom is -0.395 e. The van der Waals surface area contributed by atoms with Gasteiger partial charge in [0.2, 0.25) is 0 Å². The molecular formula is C17H19FO2. The highest BCUT2D eigenvalue weighted by atomic mass is 19.1. The van der Waals surface area contributed by atoms with E-state index in [-0.39, 0.29) is 19.0 Å². The number of hydrogen-bond donors (Lipinski definition) is 2. The second-order valence-corrected chi connectivity index (χ2v) is 5.27. The topological polar surface area (TPSA) is 40.5 Å². The Hall–Kier alpha value is -1.71. The molecule has 2 aromatic rings. The largest absolute Gasteiger partial charge is 0.395 e. The summed E-state index contributed by atoms with van der Waals surface area (Å²) in [5.41, 5.74) is 1.94. The molecule has 2 nitrogen and oxygen atoms in total. The first-order valence-electron chi connectivity index (χ1n) is 6.63. The van der Waals surface area contributed by atoms with Gasteiger partial charge in [-0.1, -0.05) is 42.0 Å². The van der Waals surface area contributed by atoms with Gasteiger partial charge in [-0.05, 0) is 36.6 Å². The van der Waals surface area contributed by atoms with E-state index in [9.17, 15) is 14.6 Å². The zero-order valence-corrected chi connectivity index (χ0v) is 11.5. The van der Waals surface area contributed by atoms with Crippen molar-refractivity contribution in [2.45, 2.75) is 18.8 Å². The number of aliphatic hydroxyl groups is 2. The maximum absolute atomic E-state index is 13.3. The Morgan fingerprint density at radius 1 is 1.00 bits per heavy atom. The molecule has 0 amide bonds. The predicted molar refractivity (Wildman–Crippen MR) is 77.1 cm³/mol. The van der Waals surface area contributed by atoms with Gasteiger partial charge in [0.05, 0.1) is 13.2 Å². The van der Waals surface area contributed by atoms with Crippen LogP contribution >= 0.6 is 0 Å². The zero-order valence-electron chi connectivity index (χ0n) is 11.5. The minimum absolute atomic E-state index is 0.191. The molecule has 0 aliphatic carbocycles. The summed E-state index contributed by atoms with van der Waals surface area (Å²) in [5, 5.41) is 19.6. The summed E-state index contributed by atoms with van der Waals surface area (Å²) in [7, 11) is 0. The lowest BCUT2D eigenvalue weighted by Gasteiger charge is -2.30. The van der Waals surface area contributed by atoms with E-state index in [2.05, 4.69) is 0 Å². The SMILES string of the molecule is Cc1ccc(C(CO)(CO)Cc2cccc(F)c2)cc1. The van der Waals surface area contributed by atoms with E-state index in [0.29, 0.717) is 6.42 Å². The highest BCUT2D eigenvalue weighted by molar-refractivity contribution is 5.32. The van der Waals surface area contributed by atoms with Gasteiger partial charge in [0.1, 0.15) is 5.82 Å². The van der Waals surface area contributed by atoms with Crippen LogP contribution in [0.1, 0.15) is 16.7 Å².